The number of carbonyl (C=O) groups excluding carboxylic acids is 1. The summed E-state index contributed by atoms with van der Waals surface area (Å²) in [7, 11) is 0. The molecule has 0 fully saturated rings. The second kappa shape index (κ2) is 6.39. The highest BCUT2D eigenvalue weighted by Crippen LogP contribution is 2.34. The van der Waals surface area contributed by atoms with Gasteiger partial charge >= 0.3 is 0 Å². The lowest BCUT2D eigenvalue weighted by Gasteiger charge is -2.08. The topological polar surface area (TPSA) is 59.6 Å². The molecule has 2 aromatic rings. The number of amides is 1. The normalized spacial score (nSPS) is 12.0. The van der Waals surface area contributed by atoms with E-state index in [1.165, 1.54) is 5.56 Å². The van der Waals surface area contributed by atoms with Crippen LogP contribution in [0.2, 0.25) is 0 Å². The summed E-state index contributed by atoms with van der Waals surface area (Å²) in [5.74, 6) is 1.47. The third-order valence-electron chi connectivity index (χ3n) is 3.39. The molecule has 0 spiro atoms. The molecule has 0 saturated carbocycles. The Balaban J connectivity index is 1.46. The summed E-state index contributed by atoms with van der Waals surface area (Å²) in [5.41, 5.74) is 2.90. The van der Waals surface area contributed by atoms with Gasteiger partial charge in [-0.05, 0) is 31.2 Å². The minimum Gasteiger partial charge on any atom is -0.454 e. The summed E-state index contributed by atoms with van der Waals surface area (Å²) in [6.07, 6.45) is 0.391. The molecule has 0 bridgehead atoms. The van der Waals surface area contributed by atoms with E-state index >= 15 is 0 Å². The van der Waals surface area contributed by atoms with Gasteiger partial charge in [0.25, 0.3) is 0 Å². The van der Waals surface area contributed by atoms with Crippen molar-refractivity contribution in [3.05, 3.63) is 48.0 Å². The Kier molecular flexibility index (Phi) is 4.14. The molecule has 114 valence electrons. The standard InChI is InChI=1S/C17H18N2O3/c1-12-2-4-13(5-3-12)19-17(20)8-9-18-14-6-7-15-16(10-14)22-11-21-15/h2-7,10,18H,8-9,11H2,1H3,(H,19,20). The van der Waals surface area contributed by atoms with Crippen LogP contribution in [0.3, 0.4) is 0 Å². The Morgan fingerprint density at radius 1 is 1.05 bits per heavy atom. The van der Waals surface area contributed by atoms with Gasteiger partial charge in [0.15, 0.2) is 11.5 Å². The molecule has 0 saturated heterocycles. The van der Waals surface area contributed by atoms with Crippen molar-refractivity contribution in [1.82, 2.24) is 0 Å². The number of rotatable bonds is 5. The fraction of sp³-hybridized carbons (Fsp3) is 0.235. The molecule has 2 aromatic carbocycles. The van der Waals surface area contributed by atoms with E-state index in [2.05, 4.69) is 10.6 Å². The quantitative estimate of drug-likeness (QED) is 0.890. The van der Waals surface area contributed by atoms with E-state index in [4.69, 9.17) is 9.47 Å². The minimum absolute atomic E-state index is 0.0166. The van der Waals surface area contributed by atoms with Crippen LogP contribution in [0.5, 0.6) is 11.5 Å². The second-order valence-electron chi connectivity index (χ2n) is 5.16. The van der Waals surface area contributed by atoms with Crippen molar-refractivity contribution < 1.29 is 14.3 Å². The summed E-state index contributed by atoms with van der Waals surface area (Å²) in [6, 6.07) is 13.4. The molecule has 5 nitrogen and oxygen atoms in total. The molecular weight excluding hydrogens is 280 g/mol. The zero-order chi connectivity index (χ0) is 15.4. The van der Waals surface area contributed by atoms with Crippen LogP contribution in [0, 0.1) is 6.92 Å². The molecule has 0 aromatic heterocycles. The summed E-state index contributed by atoms with van der Waals surface area (Å²) >= 11 is 0. The molecule has 3 rings (SSSR count). The predicted octanol–water partition coefficient (Wildman–Crippen LogP) is 3.16. The molecule has 2 N–H and O–H groups in total. The third kappa shape index (κ3) is 3.49. The number of nitrogens with one attached hydrogen (secondary N) is 2. The number of aryl methyl sites for hydroxylation is 1. The van der Waals surface area contributed by atoms with Gasteiger partial charge < -0.3 is 20.1 Å². The first-order chi connectivity index (χ1) is 10.7. The van der Waals surface area contributed by atoms with Crippen LogP contribution < -0.4 is 20.1 Å². The molecule has 5 heteroatoms. The summed E-state index contributed by atoms with van der Waals surface area (Å²) < 4.78 is 10.6. The largest absolute Gasteiger partial charge is 0.454 e. The highest BCUT2D eigenvalue weighted by Gasteiger charge is 2.13. The average molecular weight is 298 g/mol. The third-order valence-corrected chi connectivity index (χ3v) is 3.39. The molecule has 0 aliphatic carbocycles. The van der Waals surface area contributed by atoms with E-state index in [0.717, 1.165) is 22.9 Å². The van der Waals surface area contributed by atoms with E-state index in [1.807, 2.05) is 49.4 Å². The van der Waals surface area contributed by atoms with Crippen LogP contribution in [0.25, 0.3) is 0 Å². The Hall–Kier alpha value is -2.69. The Morgan fingerprint density at radius 3 is 2.59 bits per heavy atom. The lowest BCUT2D eigenvalue weighted by molar-refractivity contribution is -0.115. The van der Waals surface area contributed by atoms with E-state index in [1.54, 1.807) is 0 Å². The van der Waals surface area contributed by atoms with Crippen molar-refractivity contribution in [3.8, 4) is 11.5 Å². The Bertz CT molecular complexity index is 668. The maximum atomic E-state index is 11.9. The van der Waals surface area contributed by atoms with Gasteiger partial charge in [-0.3, -0.25) is 4.79 Å². The average Bonchev–Trinajstić information content (AvgIpc) is 2.97. The molecule has 0 radical (unpaired) electrons. The van der Waals surface area contributed by atoms with Gasteiger partial charge in [0.1, 0.15) is 0 Å². The highest BCUT2D eigenvalue weighted by atomic mass is 16.7. The van der Waals surface area contributed by atoms with E-state index in [0.29, 0.717) is 13.0 Å². The number of hydrogen-bond donors (Lipinski definition) is 2. The van der Waals surface area contributed by atoms with Gasteiger partial charge in [0.05, 0.1) is 0 Å². The van der Waals surface area contributed by atoms with Crippen LogP contribution in [-0.2, 0) is 4.79 Å². The lowest BCUT2D eigenvalue weighted by atomic mass is 10.2. The van der Waals surface area contributed by atoms with Crippen molar-refractivity contribution >= 4 is 17.3 Å². The number of benzene rings is 2. The van der Waals surface area contributed by atoms with Crippen LogP contribution in [0.4, 0.5) is 11.4 Å². The fourth-order valence-electron chi connectivity index (χ4n) is 2.19. The smallest absolute Gasteiger partial charge is 0.231 e. The number of carbonyl (C=O) groups is 1. The summed E-state index contributed by atoms with van der Waals surface area (Å²) in [6.45, 7) is 2.83. The Labute approximate surface area is 129 Å². The van der Waals surface area contributed by atoms with Gasteiger partial charge in [0.2, 0.25) is 12.7 Å². The van der Waals surface area contributed by atoms with Crippen LogP contribution in [-0.4, -0.2) is 19.2 Å². The molecular formula is C17H18N2O3. The highest BCUT2D eigenvalue weighted by molar-refractivity contribution is 5.91. The van der Waals surface area contributed by atoms with Crippen LogP contribution >= 0.6 is 0 Å². The first kappa shape index (κ1) is 14.3. The van der Waals surface area contributed by atoms with Gasteiger partial charge in [-0.2, -0.15) is 0 Å². The summed E-state index contributed by atoms with van der Waals surface area (Å²) in [4.78, 5) is 11.9. The maximum Gasteiger partial charge on any atom is 0.231 e. The van der Waals surface area contributed by atoms with Gasteiger partial charge in [0, 0.05) is 30.4 Å². The number of ether oxygens (including phenoxy) is 2. The monoisotopic (exact) mass is 298 g/mol. The zero-order valence-electron chi connectivity index (χ0n) is 12.4. The first-order valence-electron chi connectivity index (χ1n) is 7.21. The van der Waals surface area contributed by atoms with Crippen LogP contribution in [0.1, 0.15) is 12.0 Å². The number of fused-ring (bicyclic) bond motifs is 1. The lowest BCUT2D eigenvalue weighted by Crippen LogP contribution is -2.16. The maximum absolute atomic E-state index is 11.9. The van der Waals surface area contributed by atoms with Crippen molar-refractivity contribution in [1.29, 1.82) is 0 Å². The predicted molar refractivity (Wildman–Crippen MR) is 85.5 cm³/mol. The van der Waals surface area contributed by atoms with Crippen molar-refractivity contribution in [2.75, 3.05) is 24.0 Å². The van der Waals surface area contributed by atoms with Gasteiger partial charge in [-0.25, -0.2) is 0 Å². The SMILES string of the molecule is Cc1ccc(NC(=O)CCNc2ccc3c(c2)OCO3)cc1. The second-order valence-corrected chi connectivity index (χ2v) is 5.16. The molecule has 0 atom stereocenters. The van der Waals surface area contributed by atoms with E-state index < -0.39 is 0 Å². The van der Waals surface area contributed by atoms with Gasteiger partial charge in [-0.1, -0.05) is 17.7 Å². The fourth-order valence-corrected chi connectivity index (χ4v) is 2.19. The summed E-state index contributed by atoms with van der Waals surface area (Å²) in [5, 5.41) is 6.08. The first-order valence-corrected chi connectivity index (χ1v) is 7.21. The van der Waals surface area contributed by atoms with Crippen molar-refractivity contribution in [2.45, 2.75) is 13.3 Å². The minimum atomic E-state index is -0.0166. The van der Waals surface area contributed by atoms with Crippen molar-refractivity contribution in [3.63, 3.8) is 0 Å². The molecule has 1 aliphatic rings. The molecule has 1 aliphatic heterocycles. The van der Waals surface area contributed by atoms with Gasteiger partial charge in [-0.15, -0.1) is 0 Å². The van der Waals surface area contributed by atoms with Crippen LogP contribution in [0.15, 0.2) is 42.5 Å². The molecule has 1 amide bonds. The van der Waals surface area contributed by atoms with Crippen molar-refractivity contribution in [2.24, 2.45) is 0 Å². The van der Waals surface area contributed by atoms with E-state index in [-0.39, 0.29) is 12.7 Å². The van der Waals surface area contributed by atoms with E-state index in [9.17, 15) is 4.79 Å². The number of hydrogen-bond acceptors (Lipinski definition) is 4. The molecule has 1 heterocycles. The molecule has 0 unspecified atom stereocenters. The molecule has 22 heavy (non-hydrogen) atoms. The number of anilines is 2. The Morgan fingerprint density at radius 2 is 1.77 bits per heavy atom. The zero-order valence-corrected chi connectivity index (χ0v) is 12.4.